The molecule has 154 valence electrons. The molecule has 0 unspecified atom stereocenters. The molecule has 0 aliphatic rings. The van der Waals surface area contributed by atoms with Crippen molar-refractivity contribution in [3.8, 4) is 21.8 Å². The second-order valence-corrected chi connectivity index (χ2v) is 8.42. The summed E-state index contributed by atoms with van der Waals surface area (Å²) < 4.78 is 0. The number of aromatic nitrogens is 4. The Morgan fingerprint density at radius 1 is 0.903 bits per heavy atom. The molecule has 2 heterocycles. The molecule has 0 spiro atoms. The van der Waals surface area contributed by atoms with Crippen molar-refractivity contribution in [2.45, 2.75) is 12.5 Å². The first kappa shape index (κ1) is 19.4. The molecule has 0 fully saturated rings. The van der Waals surface area contributed by atoms with Crippen LogP contribution in [0.2, 0.25) is 0 Å². The van der Waals surface area contributed by atoms with E-state index < -0.39 is 0 Å². The standard InChI is InChI=1S/C24H22N6S/c25-19(13-16-7-3-1-4-8-16)15-26-24-30-29-23(31-24)18-11-12-21-20(14-18)22(28-27-21)17-9-5-2-6-10-17/h1-12,14,19H,13,15,25H2,(H,26,30)(H,27,28)/t19-/m0/s1. The predicted molar refractivity (Wildman–Crippen MR) is 127 cm³/mol. The van der Waals surface area contributed by atoms with Crippen molar-refractivity contribution in [3.63, 3.8) is 0 Å². The molecule has 1 atom stereocenters. The molecule has 7 heteroatoms. The smallest absolute Gasteiger partial charge is 0.206 e. The Morgan fingerprint density at radius 3 is 2.48 bits per heavy atom. The number of H-pyrrole nitrogens is 1. The van der Waals surface area contributed by atoms with E-state index in [2.05, 4.69) is 56.0 Å². The molecule has 5 rings (SSSR count). The van der Waals surface area contributed by atoms with E-state index in [1.165, 1.54) is 16.9 Å². The molecule has 3 aromatic carbocycles. The first-order valence-corrected chi connectivity index (χ1v) is 11.0. The van der Waals surface area contributed by atoms with Gasteiger partial charge in [0.15, 0.2) is 0 Å². The van der Waals surface area contributed by atoms with Crippen molar-refractivity contribution < 1.29 is 0 Å². The minimum absolute atomic E-state index is 0.00506. The van der Waals surface area contributed by atoms with Gasteiger partial charge >= 0.3 is 0 Å². The number of anilines is 1. The van der Waals surface area contributed by atoms with Gasteiger partial charge in [0, 0.05) is 29.1 Å². The number of nitrogens with two attached hydrogens (primary N) is 1. The van der Waals surface area contributed by atoms with Gasteiger partial charge < -0.3 is 11.1 Å². The third kappa shape index (κ3) is 4.33. The van der Waals surface area contributed by atoms with E-state index in [4.69, 9.17) is 5.73 Å². The van der Waals surface area contributed by atoms with E-state index in [9.17, 15) is 0 Å². The lowest BCUT2D eigenvalue weighted by atomic mass is 10.1. The molecular formula is C24H22N6S. The van der Waals surface area contributed by atoms with Crippen LogP contribution in [-0.2, 0) is 6.42 Å². The molecule has 31 heavy (non-hydrogen) atoms. The van der Waals surface area contributed by atoms with E-state index in [0.29, 0.717) is 6.54 Å². The minimum atomic E-state index is 0.00506. The van der Waals surface area contributed by atoms with Gasteiger partial charge in [0.1, 0.15) is 5.01 Å². The molecule has 2 aromatic heterocycles. The lowest BCUT2D eigenvalue weighted by molar-refractivity contribution is 0.698. The predicted octanol–water partition coefficient (Wildman–Crippen LogP) is 4.73. The van der Waals surface area contributed by atoms with Gasteiger partial charge in [-0.15, -0.1) is 10.2 Å². The van der Waals surface area contributed by atoms with Crippen LogP contribution >= 0.6 is 11.3 Å². The average Bonchev–Trinajstić information content (AvgIpc) is 3.46. The van der Waals surface area contributed by atoms with Crippen LogP contribution in [0.4, 0.5) is 5.13 Å². The zero-order chi connectivity index (χ0) is 21.0. The second kappa shape index (κ2) is 8.67. The van der Waals surface area contributed by atoms with E-state index >= 15 is 0 Å². The van der Waals surface area contributed by atoms with Crippen molar-refractivity contribution in [1.29, 1.82) is 0 Å². The quantitative estimate of drug-likeness (QED) is 0.350. The molecule has 0 radical (unpaired) electrons. The Hall–Kier alpha value is -3.55. The van der Waals surface area contributed by atoms with Gasteiger partial charge in [-0.2, -0.15) is 5.10 Å². The van der Waals surface area contributed by atoms with Crippen LogP contribution in [0.3, 0.4) is 0 Å². The third-order valence-corrected chi connectivity index (χ3v) is 6.07. The highest BCUT2D eigenvalue weighted by atomic mass is 32.1. The van der Waals surface area contributed by atoms with E-state index in [-0.39, 0.29) is 6.04 Å². The van der Waals surface area contributed by atoms with Crippen LogP contribution in [0.15, 0.2) is 78.9 Å². The first-order valence-electron chi connectivity index (χ1n) is 10.2. The maximum absolute atomic E-state index is 6.28. The van der Waals surface area contributed by atoms with E-state index in [0.717, 1.165) is 44.3 Å². The summed E-state index contributed by atoms with van der Waals surface area (Å²) in [4.78, 5) is 0. The van der Waals surface area contributed by atoms with Gasteiger partial charge in [0.2, 0.25) is 5.13 Å². The Labute approximate surface area is 184 Å². The summed E-state index contributed by atoms with van der Waals surface area (Å²) in [5, 5.41) is 22.3. The van der Waals surface area contributed by atoms with Crippen LogP contribution < -0.4 is 11.1 Å². The van der Waals surface area contributed by atoms with Crippen LogP contribution in [0.1, 0.15) is 5.56 Å². The summed E-state index contributed by atoms with van der Waals surface area (Å²) in [6.07, 6.45) is 0.818. The molecule has 0 aliphatic heterocycles. The fourth-order valence-corrected chi connectivity index (χ4v) is 4.33. The summed E-state index contributed by atoms with van der Waals surface area (Å²) in [5.41, 5.74) is 11.5. The SMILES string of the molecule is N[C@H](CNc1nnc(-c2ccc3[nH]nc(-c4ccccc4)c3c2)s1)Cc1ccccc1. The number of fused-ring (bicyclic) bond motifs is 1. The number of rotatable bonds is 7. The number of aromatic amines is 1. The topological polar surface area (TPSA) is 92.5 Å². The Morgan fingerprint density at radius 2 is 1.68 bits per heavy atom. The van der Waals surface area contributed by atoms with Crippen molar-refractivity contribution in [2.75, 3.05) is 11.9 Å². The Balaban J connectivity index is 1.31. The minimum Gasteiger partial charge on any atom is -0.359 e. The number of nitrogens with zero attached hydrogens (tertiary/aromatic N) is 3. The second-order valence-electron chi connectivity index (χ2n) is 7.44. The van der Waals surface area contributed by atoms with Crippen LogP contribution in [0.5, 0.6) is 0 Å². The van der Waals surface area contributed by atoms with Crippen LogP contribution in [-0.4, -0.2) is 33.0 Å². The third-order valence-electron chi connectivity index (χ3n) is 5.14. The van der Waals surface area contributed by atoms with Crippen LogP contribution in [0.25, 0.3) is 32.7 Å². The Kier molecular flexibility index (Phi) is 5.43. The highest BCUT2D eigenvalue weighted by Gasteiger charge is 2.13. The van der Waals surface area contributed by atoms with Gasteiger partial charge in [-0.1, -0.05) is 72.0 Å². The molecule has 0 saturated heterocycles. The molecule has 6 nitrogen and oxygen atoms in total. The molecule has 0 bridgehead atoms. The average molecular weight is 427 g/mol. The van der Waals surface area contributed by atoms with E-state index in [1.54, 1.807) is 0 Å². The van der Waals surface area contributed by atoms with Crippen molar-refractivity contribution in [2.24, 2.45) is 5.73 Å². The van der Waals surface area contributed by atoms with Gasteiger partial charge in [-0.25, -0.2) is 0 Å². The van der Waals surface area contributed by atoms with Crippen molar-refractivity contribution in [3.05, 3.63) is 84.4 Å². The molecule has 4 N–H and O–H groups in total. The maximum Gasteiger partial charge on any atom is 0.206 e. The van der Waals surface area contributed by atoms with Gasteiger partial charge in [0.25, 0.3) is 0 Å². The highest BCUT2D eigenvalue weighted by molar-refractivity contribution is 7.18. The fourth-order valence-electron chi connectivity index (χ4n) is 3.58. The number of benzene rings is 3. The highest BCUT2D eigenvalue weighted by Crippen LogP contribution is 2.32. The van der Waals surface area contributed by atoms with Crippen molar-refractivity contribution >= 4 is 27.4 Å². The van der Waals surface area contributed by atoms with Gasteiger partial charge in [-0.05, 0) is 30.2 Å². The maximum atomic E-state index is 6.28. The largest absolute Gasteiger partial charge is 0.359 e. The van der Waals surface area contributed by atoms with Crippen LogP contribution in [0, 0.1) is 0 Å². The number of hydrogen-bond acceptors (Lipinski definition) is 6. The number of hydrogen-bond donors (Lipinski definition) is 3. The first-order chi connectivity index (χ1) is 15.3. The lowest BCUT2D eigenvalue weighted by Gasteiger charge is -2.11. The number of nitrogens with one attached hydrogen (secondary N) is 2. The van der Waals surface area contributed by atoms with Crippen molar-refractivity contribution in [1.82, 2.24) is 20.4 Å². The monoisotopic (exact) mass is 426 g/mol. The Bertz CT molecular complexity index is 1280. The fraction of sp³-hybridized carbons (Fsp3) is 0.125. The zero-order valence-electron chi connectivity index (χ0n) is 16.8. The molecular weight excluding hydrogens is 404 g/mol. The normalized spacial score (nSPS) is 12.2. The zero-order valence-corrected chi connectivity index (χ0v) is 17.6. The van der Waals surface area contributed by atoms with Gasteiger partial charge in [-0.3, -0.25) is 5.10 Å². The lowest BCUT2D eigenvalue weighted by Crippen LogP contribution is -2.31. The summed E-state index contributed by atoms with van der Waals surface area (Å²) in [6, 6.07) is 26.6. The van der Waals surface area contributed by atoms with E-state index in [1.807, 2.05) is 48.5 Å². The molecule has 5 aromatic rings. The summed E-state index contributed by atoms with van der Waals surface area (Å²) in [6.45, 7) is 0.641. The molecule has 0 saturated carbocycles. The summed E-state index contributed by atoms with van der Waals surface area (Å²) in [7, 11) is 0. The van der Waals surface area contributed by atoms with Gasteiger partial charge in [0.05, 0.1) is 11.2 Å². The molecule has 0 aliphatic carbocycles. The summed E-state index contributed by atoms with van der Waals surface area (Å²) in [5.74, 6) is 0. The summed E-state index contributed by atoms with van der Waals surface area (Å²) >= 11 is 1.53. The molecule has 0 amide bonds.